The van der Waals surface area contributed by atoms with E-state index in [-0.39, 0.29) is 0 Å². The summed E-state index contributed by atoms with van der Waals surface area (Å²) in [5, 5.41) is 0. The van der Waals surface area contributed by atoms with E-state index in [4.69, 9.17) is 13.9 Å². The molecule has 0 aromatic heterocycles. The van der Waals surface area contributed by atoms with Gasteiger partial charge < -0.3 is 13.9 Å². The van der Waals surface area contributed by atoms with Gasteiger partial charge in [0.05, 0.1) is 0 Å². The van der Waals surface area contributed by atoms with Crippen molar-refractivity contribution in [2.75, 3.05) is 13.2 Å². The van der Waals surface area contributed by atoms with Crippen LogP contribution in [0.4, 0.5) is 8.78 Å². The highest BCUT2D eigenvalue weighted by atomic mass is 28.2. The minimum absolute atomic E-state index is 0.336. The highest BCUT2D eigenvalue weighted by Crippen LogP contribution is 2.31. The molecule has 0 saturated carbocycles. The summed E-state index contributed by atoms with van der Waals surface area (Å²) < 4.78 is 43.8. The normalized spacial score (nSPS) is 11.8. The van der Waals surface area contributed by atoms with E-state index in [1.54, 1.807) is 24.3 Å². The fraction of sp³-hybridized carbons (Fsp3) is 0.294. The summed E-state index contributed by atoms with van der Waals surface area (Å²) in [5.74, 6) is -2.42. The van der Waals surface area contributed by atoms with Crippen LogP contribution in [0.15, 0.2) is 42.5 Å². The van der Waals surface area contributed by atoms with Crippen molar-refractivity contribution in [3.63, 3.8) is 0 Å². The minimum atomic E-state index is -1.23. The van der Waals surface area contributed by atoms with Crippen LogP contribution in [-0.2, 0) is 19.9 Å². The van der Waals surface area contributed by atoms with E-state index < -0.39 is 17.6 Å². The molecule has 0 aliphatic rings. The van der Waals surface area contributed by atoms with Gasteiger partial charge in [0, 0.05) is 30.4 Å². The van der Waals surface area contributed by atoms with Crippen molar-refractivity contribution in [3.05, 3.63) is 59.7 Å². The van der Waals surface area contributed by atoms with Crippen LogP contribution in [0.1, 0.15) is 19.4 Å². The molecule has 3 nitrogen and oxygen atoms in total. The first-order valence-corrected chi connectivity index (χ1v) is 8.27. The third kappa shape index (κ3) is 3.84. The van der Waals surface area contributed by atoms with E-state index in [0.717, 1.165) is 6.07 Å². The monoisotopic (exact) mass is 338 g/mol. The third-order valence-corrected chi connectivity index (χ3v) is 3.96. The molecule has 6 heteroatoms. The van der Waals surface area contributed by atoms with Gasteiger partial charge in [-0.25, -0.2) is 8.78 Å². The summed E-state index contributed by atoms with van der Waals surface area (Å²) >= 11 is 0. The maximum atomic E-state index is 13.9. The van der Waals surface area contributed by atoms with E-state index in [1.807, 2.05) is 13.8 Å². The molecule has 0 radical (unpaired) electrons. The Morgan fingerprint density at radius 3 is 2.04 bits per heavy atom. The number of benzene rings is 2. The Balaban J connectivity index is 2.37. The predicted octanol–water partition coefficient (Wildman–Crippen LogP) is 3.11. The van der Waals surface area contributed by atoms with Crippen molar-refractivity contribution in [1.82, 2.24) is 0 Å². The number of hydrogen-bond donors (Lipinski definition) is 0. The zero-order valence-corrected chi connectivity index (χ0v) is 15.4. The second-order valence-electron chi connectivity index (χ2n) is 4.83. The molecule has 0 aliphatic carbocycles. The SMILES string of the molecule is CCOC(O[SiH3])(OCC)c1ccc(-c2ccc(F)cc2F)cc1. The first kappa shape index (κ1) is 17.7. The molecule has 0 fully saturated rings. The van der Waals surface area contributed by atoms with Gasteiger partial charge in [-0.1, -0.05) is 24.3 Å². The highest BCUT2D eigenvalue weighted by molar-refractivity contribution is 5.98. The quantitative estimate of drug-likeness (QED) is 0.573. The van der Waals surface area contributed by atoms with Crippen molar-refractivity contribution in [1.29, 1.82) is 0 Å². The van der Waals surface area contributed by atoms with Crippen LogP contribution in [0.3, 0.4) is 0 Å². The van der Waals surface area contributed by atoms with E-state index in [9.17, 15) is 8.78 Å². The largest absolute Gasteiger partial charge is 0.376 e. The van der Waals surface area contributed by atoms with Gasteiger partial charge in [-0.05, 0) is 31.5 Å². The van der Waals surface area contributed by atoms with Crippen LogP contribution in [0, 0.1) is 11.6 Å². The Kier molecular flexibility index (Phi) is 6.01. The van der Waals surface area contributed by atoms with Gasteiger partial charge in [0.2, 0.25) is 0 Å². The van der Waals surface area contributed by atoms with Crippen molar-refractivity contribution in [2.45, 2.75) is 19.8 Å². The second kappa shape index (κ2) is 7.78. The number of halogens is 2. The predicted molar refractivity (Wildman–Crippen MR) is 87.7 cm³/mol. The maximum absolute atomic E-state index is 13.9. The lowest BCUT2D eigenvalue weighted by Crippen LogP contribution is -2.35. The zero-order valence-electron chi connectivity index (χ0n) is 13.4. The number of ether oxygens (including phenoxy) is 2. The van der Waals surface area contributed by atoms with E-state index in [0.29, 0.717) is 40.4 Å². The zero-order chi connectivity index (χ0) is 16.9. The van der Waals surface area contributed by atoms with Crippen LogP contribution in [-0.4, -0.2) is 23.7 Å². The van der Waals surface area contributed by atoms with Crippen LogP contribution < -0.4 is 0 Å². The minimum Gasteiger partial charge on any atom is -0.376 e. The molecule has 2 rings (SSSR count). The van der Waals surface area contributed by atoms with Crippen LogP contribution in [0.25, 0.3) is 11.1 Å². The summed E-state index contributed by atoms with van der Waals surface area (Å²) in [4.78, 5) is 0. The fourth-order valence-corrected chi connectivity index (χ4v) is 2.87. The Bertz CT molecular complexity index is 641. The smallest absolute Gasteiger partial charge is 0.301 e. The molecular formula is C17H20F2O3Si. The summed E-state index contributed by atoms with van der Waals surface area (Å²) in [7, 11) is 0.429. The second-order valence-corrected chi connectivity index (χ2v) is 5.24. The van der Waals surface area contributed by atoms with Crippen molar-refractivity contribution in [3.8, 4) is 11.1 Å². The molecule has 2 aromatic carbocycles. The standard InChI is InChI=1S/C17H20F2O3Si/c1-3-20-17(22-23,21-4-2)13-7-5-12(6-8-13)15-10-9-14(18)11-16(15)19/h5-11H,3-4H2,1-2,23H3. The number of rotatable bonds is 7. The molecule has 0 saturated heterocycles. The lowest BCUT2D eigenvalue weighted by molar-refractivity contribution is -0.352. The Hall–Kier alpha value is -1.60. The Morgan fingerprint density at radius 2 is 1.57 bits per heavy atom. The molecule has 0 N–H and O–H groups in total. The summed E-state index contributed by atoms with van der Waals surface area (Å²) in [5.41, 5.74) is 1.67. The lowest BCUT2D eigenvalue weighted by Gasteiger charge is -2.32. The molecule has 0 unspecified atom stereocenters. The van der Waals surface area contributed by atoms with Crippen LogP contribution in [0.5, 0.6) is 0 Å². The van der Waals surface area contributed by atoms with Gasteiger partial charge in [-0.15, -0.1) is 0 Å². The molecule has 23 heavy (non-hydrogen) atoms. The highest BCUT2D eigenvalue weighted by Gasteiger charge is 2.33. The maximum Gasteiger partial charge on any atom is 0.301 e. The first-order valence-electron chi connectivity index (χ1n) is 7.45. The number of hydrogen-bond acceptors (Lipinski definition) is 3. The Morgan fingerprint density at radius 1 is 0.957 bits per heavy atom. The van der Waals surface area contributed by atoms with E-state index in [2.05, 4.69) is 0 Å². The molecular weight excluding hydrogens is 318 g/mol. The molecule has 0 bridgehead atoms. The summed E-state index contributed by atoms with van der Waals surface area (Å²) in [6, 6.07) is 10.5. The van der Waals surface area contributed by atoms with Crippen LogP contribution >= 0.6 is 0 Å². The molecule has 124 valence electrons. The van der Waals surface area contributed by atoms with Crippen LogP contribution in [0.2, 0.25) is 0 Å². The average molecular weight is 338 g/mol. The third-order valence-electron chi connectivity index (χ3n) is 3.42. The fourth-order valence-electron chi connectivity index (χ4n) is 2.40. The van der Waals surface area contributed by atoms with Crippen molar-refractivity contribution in [2.24, 2.45) is 0 Å². The van der Waals surface area contributed by atoms with Gasteiger partial charge in [0.1, 0.15) is 11.6 Å². The lowest BCUT2D eigenvalue weighted by atomic mass is 10.0. The Labute approximate surface area is 137 Å². The molecule has 0 aliphatic heterocycles. The van der Waals surface area contributed by atoms with E-state index >= 15 is 0 Å². The van der Waals surface area contributed by atoms with Gasteiger partial charge in [0.25, 0.3) is 0 Å². The topological polar surface area (TPSA) is 27.7 Å². The molecule has 0 heterocycles. The summed E-state index contributed by atoms with van der Waals surface area (Å²) in [6.45, 7) is 4.57. The molecule has 0 spiro atoms. The van der Waals surface area contributed by atoms with E-state index in [1.165, 1.54) is 12.1 Å². The molecule has 0 atom stereocenters. The molecule has 2 aromatic rings. The average Bonchev–Trinajstić information content (AvgIpc) is 2.55. The van der Waals surface area contributed by atoms with Gasteiger partial charge >= 0.3 is 5.97 Å². The van der Waals surface area contributed by atoms with Gasteiger partial charge in [-0.3, -0.25) is 0 Å². The van der Waals surface area contributed by atoms with Gasteiger partial charge in [-0.2, -0.15) is 0 Å². The van der Waals surface area contributed by atoms with Crippen molar-refractivity contribution >= 4 is 10.5 Å². The van der Waals surface area contributed by atoms with Gasteiger partial charge in [0.15, 0.2) is 10.5 Å². The summed E-state index contributed by atoms with van der Waals surface area (Å²) in [6.07, 6.45) is 0. The molecule has 0 amide bonds. The van der Waals surface area contributed by atoms with Crippen molar-refractivity contribution < 1.29 is 22.7 Å². The first-order chi connectivity index (χ1) is 11.1.